The van der Waals surface area contributed by atoms with E-state index in [4.69, 9.17) is 9.84 Å². The summed E-state index contributed by atoms with van der Waals surface area (Å²) in [5.41, 5.74) is 2.00. The van der Waals surface area contributed by atoms with Crippen LogP contribution in [0.25, 0.3) is 0 Å². The molecule has 116 valence electrons. The number of ether oxygens (including phenoxy) is 1. The molecule has 0 amide bonds. The minimum Gasteiger partial charge on any atom is -0.488 e. The number of rotatable bonds is 5. The van der Waals surface area contributed by atoms with Gasteiger partial charge in [0, 0.05) is 13.0 Å². The molecule has 0 saturated carbocycles. The fourth-order valence-corrected chi connectivity index (χ4v) is 2.47. The molecule has 4 nitrogen and oxygen atoms in total. The molecular formula is C14H16F3NO3. The lowest BCUT2D eigenvalue weighted by atomic mass is 10.1. The third-order valence-corrected chi connectivity index (χ3v) is 3.18. The summed E-state index contributed by atoms with van der Waals surface area (Å²) in [4.78, 5) is 11.5. The summed E-state index contributed by atoms with van der Waals surface area (Å²) in [6.07, 6.45) is -4.40. The molecule has 1 atom stereocenters. The predicted molar refractivity (Wildman–Crippen MR) is 69.4 cm³/mol. The van der Waals surface area contributed by atoms with Crippen LogP contribution >= 0.6 is 0 Å². The molecule has 1 N–H and O–H groups in total. The molecule has 21 heavy (non-hydrogen) atoms. The van der Waals surface area contributed by atoms with Crippen LogP contribution in [0.5, 0.6) is 5.75 Å². The highest BCUT2D eigenvalue weighted by molar-refractivity contribution is 5.69. The Morgan fingerprint density at radius 1 is 1.48 bits per heavy atom. The predicted octanol–water partition coefficient (Wildman–Crippen LogP) is 2.25. The number of carboxylic acids is 1. The summed E-state index contributed by atoms with van der Waals surface area (Å²) in [6, 6.07) is 5.59. The van der Waals surface area contributed by atoms with Crippen molar-refractivity contribution in [3.8, 4) is 5.75 Å². The smallest absolute Gasteiger partial charge is 0.401 e. The van der Waals surface area contributed by atoms with Gasteiger partial charge in [0.05, 0.1) is 13.1 Å². The molecule has 1 aliphatic rings. The van der Waals surface area contributed by atoms with Crippen LogP contribution in [0.2, 0.25) is 0 Å². The Morgan fingerprint density at radius 3 is 2.81 bits per heavy atom. The Labute approximate surface area is 120 Å². The highest BCUT2D eigenvalue weighted by Crippen LogP contribution is 2.30. The summed E-state index contributed by atoms with van der Waals surface area (Å²) < 4.78 is 43.0. The van der Waals surface area contributed by atoms with E-state index < -0.39 is 31.3 Å². The van der Waals surface area contributed by atoms with Crippen LogP contribution < -0.4 is 4.74 Å². The second kappa shape index (κ2) is 5.93. The Kier molecular flexibility index (Phi) is 4.41. The molecule has 0 bridgehead atoms. The maximum absolute atomic E-state index is 12.5. The number of aliphatic carboxylic acids is 1. The van der Waals surface area contributed by atoms with Gasteiger partial charge in [0.15, 0.2) is 0 Å². The number of nitrogens with zero attached hydrogens (tertiary/aromatic N) is 1. The van der Waals surface area contributed by atoms with Crippen LogP contribution in [-0.2, 0) is 11.2 Å². The van der Waals surface area contributed by atoms with E-state index in [2.05, 4.69) is 0 Å². The first-order valence-corrected chi connectivity index (χ1v) is 6.50. The SMILES string of the molecule is Cc1ccc2c(c1)CC(CN(CC(=O)O)CC(F)(F)F)O2. The number of halogens is 3. The lowest BCUT2D eigenvalue weighted by Crippen LogP contribution is -2.43. The van der Waals surface area contributed by atoms with E-state index in [1.807, 2.05) is 19.1 Å². The van der Waals surface area contributed by atoms with Crippen LogP contribution in [0.4, 0.5) is 13.2 Å². The number of carboxylic acid groups (broad SMARTS) is 1. The number of hydrogen-bond donors (Lipinski definition) is 1. The molecule has 0 aliphatic carbocycles. The van der Waals surface area contributed by atoms with Crippen molar-refractivity contribution in [1.29, 1.82) is 0 Å². The monoisotopic (exact) mass is 303 g/mol. The van der Waals surface area contributed by atoms with E-state index >= 15 is 0 Å². The Bertz CT molecular complexity index is 531. The molecule has 2 rings (SSSR count). The number of hydrogen-bond acceptors (Lipinski definition) is 3. The highest BCUT2D eigenvalue weighted by Gasteiger charge is 2.34. The summed E-state index contributed by atoms with van der Waals surface area (Å²) in [6.45, 7) is -0.0587. The summed E-state index contributed by atoms with van der Waals surface area (Å²) in [7, 11) is 0. The first kappa shape index (κ1) is 15.6. The summed E-state index contributed by atoms with van der Waals surface area (Å²) in [5.74, 6) is -0.626. The van der Waals surface area contributed by atoms with E-state index in [0.29, 0.717) is 12.2 Å². The summed E-state index contributed by atoms with van der Waals surface area (Å²) in [5, 5.41) is 8.71. The molecular weight excluding hydrogens is 287 g/mol. The second-order valence-corrected chi connectivity index (χ2v) is 5.23. The average molecular weight is 303 g/mol. The van der Waals surface area contributed by atoms with Gasteiger partial charge in [0.25, 0.3) is 0 Å². The van der Waals surface area contributed by atoms with Gasteiger partial charge in [-0.05, 0) is 18.6 Å². The minimum atomic E-state index is -4.43. The zero-order valence-electron chi connectivity index (χ0n) is 11.5. The zero-order valence-corrected chi connectivity index (χ0v) is 11.5. The normalized spacial score (nSPS) is 17.7. The van der Waals surface area contributed by atoms with Gasteiger partial charge < -0.3 is 9.84 Å². The highest BCUT2D eigenvalue weighted by atomic mass is 19.4. The van der Waals surface area contributed by atoms with Gasteiger partial charge in [-0.25, -0.2) is 0 Å². The van der Waals surface area contributed by atoms with Crippen molar-refractivity contribution in [2.24, 2.45) is 0 Å². The molecule has 1 aromatic rings. The van der Waals surface area contributed by atoms with Crippen molar-refractivity contribution in [2.75, 3.05) is 19.6 Å². The van der Waals surface area contributed by atoms with Crippen LogP contribution in [0.1, 0.15) is 11.1 Å². The van der Waals surface area contributed by atoms with E-state index in [-0.39, 0.29) is 6.54 Å². The second-order valence-electron chi connectivity index (χ2n) is 5.23. The minimum absolute atomic E-state index is 0.0699. The number of carbonyl (C=O) groups is 1. The van der Waals surface area contributed by atoms with Crippen LogP contribution in [0.3, 0.4) is 0 Å². The Morgan fingerprint density at radius 2 is 2.19 bits per heavy atom. The largest absolute Gasteiger partial charge is 0.488 e. The first-order chi connectivity index (χ1) is 9.73. The molecule has 1 heterocycles. The maximum atomic E-state index is 12.5. The lowest BCUT2D eigenvalue weighted by Gasteiger charge is -2.24. The zero-order chi connectivity index (χ0) is 15.6. The molecule has 0 fully saturated rings. The van der Waals surface area contributed by atoms with Crippen molar-refractivity contribution in [2.45, 2.75) is 25.6 Å². The third kappa shape index (κ3) is 4.63. The van der Waals surface area contributed by atoms with E-state index in [1.165, 1.54) is 0 Å². The van der Waals surface area contributed by atoms with Gasteiger partial charge in [-0.3, -0.25) is 9.69 Å². The Balaban J connectivity index is 2.00. The number of fused-ring (bicyclic) bond motifs is 1. The fraction of sp³-hybridized carbons (Fsp3) is 0.500. The van der Waals surface area contributed by atoms with E-state index in [9.17, 15) is 18.0 Å². The molecule has 0 radical (unpaired) electrons. The molecule has 1 aromatic carbocycles. The van der Waals surface area contributed by atoms with Gasteiger partial charge in [0.2, 0.25) is 0 Å². The van der Waals surface area contributed by atoms with Gasteiger partial charge in [-0.1, -0.05) is 17.7 Å². The van der Waals surface area contributed by atoms with E-state index in [1.54, 1.807) is 6.07 Å². The number of benzene rings is 1. The van der Waals surface area contributed by atoms with Crippen molar-refractivity contribution < 1.29 is 27.8 Å². The Hall–Kier alpha value is -1.76. The fourth-order valence-electron chi connectivity index (χ4n) is 2.47. The van der Waals surface area contributed by atoms with Crippen molar-refractivity contribution in [3.05, 3.63) is 29.3 Å². The van der Waals surface area contributed by atoms with E-state index in [0.717, 1.165) is 16.0 Å². The number of alkyl halides is 3. The average Bonchev–Trinajstić information content (AvgIpc) is 2.66. The van der Waals surface area contributed by atoms with Crippen LogP contribution in [0.15, 0.2) is 18.2 Å². The third-order valence-electron chi connectivity index (χ3n) is 3.18. The first-order valence-electron chi connectivity index (χ1n) is 6.50. The maximum Gasteiger partial charge on any atom is 0.401 e. The molecule has 0 saturated heterocycles. The van der Waals surface area contributed by atoms with Crippen molar-refractivity contribution in [1.82, 2.24) is 4.90 Å². The van der Waals surface area contributed by atoms with Gasteiger partial charge in [-0.2, -0.15) is 13.2 Å². The number of aryl methyl sites for hydroxylation is 1. The van der Waals surface area contributed by atoms with Crippen molar-refractivity contribution >= 4 is 5.97 Å². The van der Waals surface area contributed by atoms with Crippen LogP contribution in [0, 0.1) is 6.92 Å². The van der Waals surface area contributed by atoms with Gasteiger partial charge >= 0.3 is 12.1 Å². The van der Waals surface area contributed by atoms with Crippen molar-refractivity contribution in [3.63, 3.8) is 0 Å². The van der Waals surface area contributed by atoms with Crippen LogP contribution in [-0.4, -0.2) is 47.9 Å². The van der Waals surface area contributed by atoms with Gasteiger partial charge in [0.1, 0.15) is 11.9 Å². The summed E-state index contributed by atoms with van der Waals surface area (Å²) >= 11 is 0. The van der Waals surface area contributed by atoms with Gasteiger partial charge in [-0.15, -0.1) is 0 Å². The lowest BCUT2D eigenvalue weighted by molar-refractivity contribution is -0.155. The quantitative estimate of drug-likeness (QED) is 0.906. The molecule has 1 unspecified atom stereocenters. The standard InChI is InChI=1S/C14H16F3NO3/c1-9-2-3-12-10(4-9)5-11(21-12)6-18(7-13(19)20)8-14(15,16)17/h2-4,11H,5-8H2,1H3,(H,19,20). The molecule has 7 heteroatoms. The topological polar surface area (TPSA) is 49.8 Å². The molecule has 0 aromatic heterocycles. The molecule has 0 spiro atoms. The molecule has 1 aliphatic heterocycles.